The fraction of sp³-hybridized carbons (Fsp3) is 0.857. The highest BCUT2D eigenvalue weighted by molar-refractivity contribution is 5.73. The molecular weight excluding hydrogens is 146 g/mol. The monoisotopic (exact) mass is 159 g/mol. The van der Waals surface area contributed by atoms with Crippen LogP contribution in [0, 0.1) is 0 Å². The van der Waals surface area contributed by atoms with Crippen LogP contribution in [-0.2, 0) is 9.53 Å². The Hall–Kier alpha value is -0.610. The van der Waals surface area contributed by atoms with Gasteiger partial charge in [0.15, 0.2) is 0 Å². The van der Waals surface area contributed by atoms with Gasteiger partial charge in [-0.25, -0.2) is 0 Å². The number of ether oxygens (including phenoxy) is 1. The van der Waals surface area contributed by atoms with Crippen LogP contribution in [0.15, 0.2) is 0 Å². The van der Waals surface area contributed by atoms with Crippen LogP contribution >= 0.6 is 0 Å². The molecule has 64 valence electrons. The minimum absolute atomic E-state index is 0.139. The van der Waals surface area contributed by atoms with Crippen molar-refractivity contribution in [3.8, 4) is 0 Å². The molecule has 0 unspecified atom stereocenters. The molecule has 0 aliphatic heterocycles. The van der Waals surface area contributed by atoms with Gasteiger partial charge in [0.05, 0.1) is 12.7 Å². The van der Waals surface area contributed by atoms with E-state index in [1.807, 2.05) is 0 Å². The lowest BCUT2D eigenvalue weighted by Gasteiger charge is -2.26. The van der Waals surface area contributed by atoms with Crippen molar-refractivity contribution < 1.29 is 14.6 Å². The first-order valence-electron chi connectivity index (χ1n) is 3.80. The van der Waals surface area contributed by atoms with Crippen molar-refractivity contribution in [2.45, 2.75) is 31.4 Å². The lowest BCUT2D eigenvalue weighted by Crippen LogP contribution is -2.37. The minimum Gasteiger partial charge on any atom is -0.480 e. The molecule has 0 aromatic rings. The maximum atomic E-state index is 10.2. The maximum absolute atomic E-state index is 10.2. The predicted molar refractivity (Wildman–Crippen MR) is 39.2 cm³/mol. The van der Waals surface area contributed by atoms with Crippen LogP contribution in [0.4, 0.5) is 0 Å². The normalized spacial score (nSPS) is 20.8. The Balaban J connectivity index is 2.05. The zero-order valence-electron chi connectivity index (χ0n) is 6.32. The van der Waals surface area contributed by atoms with E-state index in [1.54, 1.807) is 0 Å². The Labute approximate surface area is 65.3 Å². The largest absolute Gasteiger partial charge is 0.480 e. The van der Waals surface area contributed by atoms with Crippen LogP contribution in [0.25, 0.3) is 0 Å². The Morgan fingerprint density at radius 3 is 2.73 bits per heavy atom. The second kappa shape index (κ2) is 3.69. The van der Waals surface area contributed by atoms with E-state index in [-0.39, 0.29) is 12.7 Å². The average Bonchev–Trinajstić information content (AvgIpc) is 1.83. The first-order chi connectivity index (χ1) is 5.20. The summed E-state index contributed by atoms with van der Waals surface area (Å²) >= 11 is 0. The summed E-state index contributed by atoms with van der Waals surface area (Å²) in [6, 6.07) is -0.865. The van der Waals surface area contributed by atoms with Crippen molar-refractivity contribution in [3.63, 3.8) is 0 Å². The molecule has 0 bridgehead atoms. The molecule has 3 N–H and O–H groups in total. The summed E-state index contributed by atoms with van der Waals surface area (Å²) in [5.74, 6) is -0.996. The molecule has 1 aliphatic carbocycles. The van der Waals surface area contributed by atoms with Gasteiger partial charge in [-0.15, -0.1) is 0 Å². The smallest absolute Gasteiger partial charge is 0.322 e. The minimum atomic E-state index is -0.996. The number of hydrogen-bond donors (Lipinski definition) is 2. The molecule has 11 heavy (non-hydrogen) atoms. The molecule has 1 aliphatic rings. The van der Waals surface area contributed by atoms with Crippen molar-refractivity contribution in [2.24, 2.45) is 5.73 Å². The summed E-state index contributed by atoms with van der Waals surface area (Å²) in [6.07, 6.45) is 3.55. The molecule has 1 fully saturated rings. The molecule has 1 rings (SSSR count). The summed E-state index contributed by atoms with van der Waals surface area (Å²) < 4.78 is 5.20. The molecule has 1 saturated carbocycles. The van der Waals surface area contributed by atoms with Crippen molar-refractivity contribution in [1.82, 2.24) is 0 Å². The van der Waals surface area contributed by atoms with E-state index in [1.165, 1.54) is 6.42 Å². The number of hydrogen-bond acceptors (Lipinski definition) is 3. The number of aliphatic carboxylic acids is 1. The van der Waals surface area contributed by atoms with Crippen LogP contribution in [0.1, 0.15) is 19.3 Å². The third-order valence-electron chi connectivity index (χ3n) is 1.88. The average molecular weight is 159 g/mol. The lowest BCUT2D eigenvalue weighted by molar-refractivity contribution is -0.141. The van der Waals surface area contributed by atoms with E-state index in [2.05, 4.69) is 0 Å². The number of rotatable bonds is 4. The highest BCUT2D eigenvalue weighted by Gasteiger charge is 2.20. The molecule has 0 aromatic heterocycles. The van der Waals surface area contributed by atoms with Crippen molar-refractivity contribution in [3.05, 3.63) is 0 Å². The highest BCUT2D eigenvalue weighted by atomic mass is 16.5. The van der Waals surface area contributed by atoms with Crippen LogP contribution in [0.5, 0.6) is 0 Å². The van der Waals surface area contributed by atoms with Gasteiger partial charge in [0, 0.05) is 0 Å². The summed E-state index contributed by atoms with van der Waals surface area (Å²) in [5.41, 5.74) is 5.22. The quantitative estimate of drug-likeness (QED) is 0.604. The highest BCUT2D eigenvalue weighted by Crippen LogP contribution is 2.21. The number of carbonyl (C=O) groups is 1. The molecule has 0 aromatic carbocycles. The van der Waals surface area contributed by atoms with Gasteiger partial charge in [-0.3, -0.25) is 4.79 Å². The van der Waals surface area contributed by atoms with Crippen LogP contribution in [0.2, 0.25) is 0 Å². The van der Waals surface area contributed by atoms with Gasteiger partial charge in [-0.05, 0) is 19.3 Å². The second-order valence-electron chi connectivity index (χ2n) is 2.83. The fourth-order valence-electron chi connectivity index (χ4n) is 0.848. The maximum Gasteiger partial charge on any atom is 0.322 e. The Bertz CT molecular complexity index is 145. The fourth-order valence-corrected chi connectivity index (χ4v) is 0.848. The van der Waals surface area contributed by atoms with Gasteiger partial charge >= 0.3 is 5.97 Å². The Kier molecular flexibility index (Phi) is 2.84. The summed E-state index contributed by atoms with van der Waals surface area (Å²) in [7, 11) is 0. The number of carboxylic acid groups (broad SMARTS) is 1. The first kappa shape index (κ1) is 8.49. The van der Waals surface area contributed by atoms with Gasteiger partial charge in [0.1, 0.15) is 6.04 Å². The summed E-state index contributed by atoms with van der Waals surface area (Å²) in [5, 5.41) is 8.38. The van der Waals surface area contributed by atoms with Gasteiger partial charge in [0.2, 0.25) is 0 Å². The Morgan fingerprint density at radius 1 is 1.73 bits per heavy atom. The van der Waals surface area contributed by atoms with Crippen LogP contribution in [-0.4, -0.2) is 29.8 Å². The molecule has 4 heteroatoms. The number of carboxylic acids is 1. The summed E-state index contributed by atoms with van der Waals surface area (Å²) in [6.45, 7) is 0.139. The molecule has 0 heterocycles. The first-order valence-corrected chi connectivity index (χ1v) is 3.80. The molecule has 0 radical (unpaired) electrons. The van der Waals surface area contributed by atoms with Gasteiger partial charge in [0.25, 0.3) is 0 Å². The molecule has 0 spiro atoms. The van der Waals surface area contributed by atoms with Crippen LogP contribution in [0.3, 0.4) is 0 Å². The predicted octanol–water partition coefficient (Wildman–Crippen LogP) is -0.0326. The van der Waals surface area contributed by atoms with E-state index in [4.69, 9.17) is 15.6 Å². The van der Waals surface area contributed by atoms with E-state index >= 15 is 0 Å². The lowest BCUT2D eigenvalue weighted by atomic mass is 9.96. The van der Waals surface area contributed by atoms with Crippen molar-refractivity contribution in [2.75, 3.05) is 6.61 Å². The topological polar surface area (TPSA) is 72.5 Å². The Morgan fingerprint density at radius 2 is 2.36 bits per heavy atom. The van der Waals surface area contributed by atoms with Crippen LogP contribution < -0.4 is 5.73 Å². The second-order valence-corrected chi connectivity index (χ2v) is 2.83. The third kappa shape index (κ3) is 2.48. The van der Waals surface area contributed by atoms with Gasteiger partial charge < -0.3 is 15.6 Å². The van der Waals surface area contributed by atoms with E-state index < -0.39 is 12.0 Å². The molecule has 0 amide bonds. The third-order valence-corrected chi connectivity index (χ3v) is 1.88. The zero-order chi connectivity index (χ0) is 8.27. The van der Waals surface area contributed by atoms with Crippen molar-refractivity contribution in [1.29, 1.82) is 0 Å². The summed E-state index contributed by atoms with van der Waals surface area (Å²) in [4.78, 5) is 10.2. The van der Waals surface area contributed by atoms with E-state index in [0.717, 1.165) is 12.8 Å². The molecule has 1 atom stereocenters. The SMILES string of the molecule is N[C@@H](COC1CCC1)C(=O)O. The van der Waals surface area contributed by atoms with Gasteiger partial charge in [-0.2, -0.15) is 0 Å². The standard InChI is InChI=1S/C7H13NO3/c8-6(7(9)10)4-11-5-2-1-3-5/h5-6H,1-4,8H2,(H,9,10)/t6-/m0/s1. The van der Waals surface area contributed by atoms with E-state index in [0.29, 0.717) is 0 Å². The molecule has 4 nitrogen and oxygen atoms in total. The molecular formula is C7H13NO3. The number of nitrogens with two attached hydrogens (primary N) is 1. The van der Waals surface area contributed by atoms with Crippen molar-refractivity contribution >= 4 is 5.97 Å². The zero-order valence-corrected chi connectivity index (χ0v) is 6.32. The molecule has 0 saturated heterocycles. The van der Waals surface area contributed by atoms with E-state index in [9.17, 15) is 4.79 Å². The van der Waals surface area contributed by atoms with Gasteiger partial charge in [-0.1, -0.05) is 0 Å².